The highest BCUT2D eigenvalue weighted by molar-refractivity contribution is 6.14. The van der Waals surface area contributed by atoms with Crippen LogP contribution in [0.25, 0.3) is 0 Å². The average Bonchev–Trinajstić information content (AvgIpc) is 3.07. The molecule has 3 rings (SSSR count). The molecule has 0 N–H and O–H groups in total. The van der Waals surface area contributed by atoms with Gasteiger partial charge in [-0.2, -0.15) is 10.1 Å². The van der Waals surface area contributed by atoms with E-state index in [1.807, 2.05) is 24.3 Å². The first-order valence-corrected chi connectivity index (χ1v) is 6.83. The van der Waals surface area contributed by atoms with Gasteiger partial charge >= 0.3 is 0 Å². The number of hydrogen-bond donors (Lipinski definition) is 0. The van der Waals surface area contributed by atoms with E-state index in [-0.39, 0.29) is 5.91 Å². The van der Waals surface area contributed by atoms with E-state index in [1.165, 1.54) is 30.7 Å². The van der Waals surface area contributed by atoms with Crippen LogP contribution < -0.4 is 9.75 Å². The zero-order chi connectivity index (χ0) is 13.2. The summed E-state index contributed by atoms with van der Waals surface area (Å²) >= 11 is 0. The molecule has 0 radical (unpaired) electrons. The van der Waals surface area contributed by atoms with E-state index >= 15 is 0 Å². The predicted molar refractivity (Wildman–Crippen MR) is 74.5 cm³/mol. The molecule has 0 atom stereocenters. The monoisotopic (exact) mass is 258 g/mol. The molecule has 1 saturated carbocycles. The number of nitrogens with zero attached hydrogens (tertiary/aromatic N) is 2. The fourth-order valence-corrected chi connectivity index (χ4v) is 2.93. The number of carbonyl (C=O) groups excluding carboxylic acids is 1. The summed E-state index contributed by atoms with van der Waals surface area (Å²) in [5.74, 6) is 1.24. The molecule has 1 heterocycles. The number of methoxy groups -OCH3 is 1. The topological polar surface area (TPSA) is 41.9 Å². The van der Waals surface area contributed by atoms with E-state index in [1.54, 1.807) is 7.11 Å². The van der Waals surface area contributed by atoms with Crippen LogP contribution in [0.3, 0.4) is 0 Å². The van der Waals surface area contributed by atoms with E-state index in [0.29, 0.717) is 18.1 Å². The Morgan fingerprint density at radius 1 is 1.26 bits per heavy atom. The molecule has 0 unspecified atom stereocenters. The molecule has 1 amide bonds. The molecule has 2 aliphatic rings. The minimum atomic E-state index is 0.0476. The summed E-state index contributed by atoms with van der Waals surface area (Å²) in [5, 5.41) is 6.06. The van der Waals surface area contributed by atoms with Crippen molar-refractivity contribution >= 4 is 17.3 Å². The molecule has 1 fully saturated rings. The Morgan fingerprint density at radius 2 is 2.00 bits per heavy atom. The summed E-state index contributed by atoms with van der Waals surface area (Å²) in [4.78, 5) is 12.2. The molecule has 0 bridgehead atoms. The second-order valence-corrected chi connectivity index (χ2v) is 5.13. The Kier molecular flexibility index (Phi) is 3.23. The van der Waals surface area contributed by atoms with Gasteiger partial charge in [-0.3, -0.25) is 4.79 Å². The largest absolute Gasteiger partial charge is 0.494 e. The second kappa shape index (κ2) is 5.03. The van der Waals surface area contributed by atoms with Crippen molar-refractivity contribution in [3.8, 4) is 5.75 Å². The van der Waals surface area contributed by atoms with Crippen LogP contribution in [-0.2, 0) is 4.79 Å². The molecule has 1 aliphatic carbocycles. The molecule has 4 heteroatoms. The van der Waals surface area contributed by atoms with Crippen LogP contribution in [0.2, 0.25) is 0 Å². The van der Waals surface area contributed by atoms with Crippen LogP contribution in [0.4, 0.5) is 5.69 Å². The van der Waals surface area contributed by atoms with Gasteiger partial charge in [-0.25, -0.2) is 0 Å². The average molecular weight is 258 g/mol. The van der Waals surface area contributed by atoms with Crippen molar-refractivity contribution in [3.05, 3.63) is 24.3 Å². The highest BCUT2D eigenvalue weighted by Gasteiger charge is 2.32. The lowest BCUT2D eigenvalue weighted by atomic mass is 10.00. The fourth-order valence-electron chi connectivity index (χ4n) is 2.93. The molecule has 4 nitrogen and oxygen atoms in total. The molecule has 1 aromatic carbocycles. The van der Waals surface area contributed by atoms with Crippen molar-refractivity contribution in [1.82, 2.24) is 0 Å². The number of hydrazone groups is 1. The standard InChI is InChI=1S/C15H18N2O2/c1-19-14-9-5-4-8-13(14)17-15(18)10-12(16-17)11-6-2-3-7-11/h4-5,8-9,11H,2-3,6-7,10H2,1H3. The Morgan fingerprint density at radius 3 is 2.74 bits per heavy atom. The lowest BCUT2D eigenvalue weighted by molar-refractivity contribution is -0.116. The van der Waals surface area contributed by atoms with E-state index in [9.17, 15) is 4.79 Å². The Labute approximate surface area is 113 Å². The maximum Gasteiger partial charge on any atom is 0.253 e. The van der Waals surface area contributed by atoms with Crippen LogP contribution in [0.15, 0.2) is 29.4 Å². The minimum absolute atomic E-state index is 0.0476. The summed E-state index contributed by atoms with van der Waals surface area (Å²) in [7, 11) is 1.61. The van der Waals surface area contributed by atoms with Gasteiger partial charge in [0.05, 0.1) is 19.2 Å². The fraction of sp³-hybridized carbons (Fsp3) is 0.467. The number of para-hydroxylation sites is 2. The second-order valence-electron chi connectivity index (χ2n) is 5.13. The van der Waals surface area contributed by atoms with Gasteiger partial charge in [0.1, 0.15) is 11.4 Å². The van der Waals surface area contributed by atoms with Crippen molar-refractivity contribution in [2.24, 2.45) is 11.0 Å². The first kappa shape index (κ1) is 12.2. The van der Waals surface area contributed by atoms with Gasteiger partial charge in [0.2, 0.25) is 0 Å². The van der Waals surface area contributed by atoms with Crippen molar-refractivity contribution in [2.45, 2.75) is 32.1 Å². The van der Waals surface area contributed by atoms with Crippen molar-refractivity contribution in [2.75, 3.05) is 12.1 Å². The Balaban J connectivity index is 1.89. The number of amides is 1. The minimum Gasteiger partial charge on any atom is -0.494 e. The highest BCUT2D eigenvalue weighted by Crippen LogP contribution is 2.34. The van der Waals surface area contributed by atoms with Crippen LogP contribution >= 0.6 is 0 Å². The van der Waals surface area contributed by atoms with Gasteiger partial charge in [0.15, 0.2) is 0 Å². The molecule has 0 saturated heterocycles. The third-order valence-corrected chi connectivity index (χ3v) is 3.94. The van der Waals surface area contributed by atoms with Crippen LogP contribution in [-0.4, -0.2) is 18.7 Å². The molecule has 0 spiro atoms. The maximum atomic E-state index is 12.2. The van der Waals surface area contributed by atoms with Gasteiger partial charge in [-0.1, -0.05) is 25.0 Å². The molecule has 0 aromatic heterocycles. The van der Waals surface area contributed by atoms with Crippen molar-refractivity contribution in [3.63, 3.8) is 0 Å². The summed E-state index contributed by atoms with van der Waals surface area (Å²) < 4.78 is 5.30. The lowest BCUT2D eigenvalue weighted by Crippen LogP contribution is -2.20. The quantitative estimate of drug-likeness (QED) is 0.836. The summed E-state index contributed by atoms with van der Waals surface area (Å²) in [5.41, 5.74) is 1.79. The third kappa shape index (κ3) is 2.23. The van der Waals surface area contributed by atoms with Crippen molar-refractivity contribution < 1.29 is 9.53 Å². The summed E-state index contributed by atoms with van der Waals surface area (Å²) in [6.07, 6.45) is 5.32. The first-order chi connectivity index (χ1) is 9.29. The van der Waals surface area contributed by atoms with Crippen LogP contribution in [0, 0.1) is 5.92 Å². The Hall–Kier alpha value is -1.84. The van der Waals surface area contributed by atoms with Gasteiger partial charge in [0, 0.05) is 0 Å². The zero-order valence-corrected chi connectivity index (χ0v) is 11.1. The van der Waals surface area contributed by atoms with Crippen LogP contribution in [0.5, 0.6) is 5.75 Å². The normalized spacial score (nSPS) is 19.9. The smallest absolute Gasteiger partial charge is 0.253 e. The van der Waals surface area contributed by atoms with E-state index in [4.69, 9.17) is 4.74 Å². The molecule has 1 aromatic rings. The molecular formula is C15H18N2O2. The number of rotatable bonds is 3. The predicted octanol–water partition coefficient (Wildman–Crippen LogP) is 2.98. The molecular weight excluding hydrogens is 240 g/mol. The van der Waals surface area contributed by atoms with Gasteiger partial charge < -0.3 is 4.74 Å². The zero-order valence-electron chi connectivity index (χ0n) is 11.1. The number of carbonyl (C=O) groups is 1. The number of benzene rings is 1. The number of ether oxygens (including phenoxy) is 1. The third-order valence-electron chi connectivity index (χ3n) is 3.94. The summed E-state index contributed by atoms with van der Waals surface area (Å²) in [6, 6.07) is 7.52. The van der Waals surface area contributed by atoms with Gasteiger partial charge in [-0.05, 0) is 30.9 Å². The summed E-state index contributed by atoms with van der Waals surface area (Å²) in [6.45, 7) is 0. The van der Waals surface area contributed by atoms with E-state index in [2.05, 4.69) is 5.10 Å². The van der Waals surface area contributed by atoms with Crippen molar-refractivity contribution in [1.29, 1.82) is 0 Å². The number of anilines is 1. The SMILES string of the molecule is COc1ccccc1N1N=C(C2CCCC2)CC1=O. The van der Waals surface area contributed by atoms with Gasteiger partial charge in [0.25, 0.3) is 5.91 Å². The molecule has 1 aliphatic heterocycles. The number of hydrogen-bond acceptors (Lipinski definition) is 3. The molecule has 19 heavy (non-hydrogen) atoms. The Bertz CT molecular complexity index is 519. The van der Waals surface area contributed by atoms with Crippen LogP contribution in [0.1, 0.15) is 32.1 Å². The highest BCUT2D eigenvalue weighted by atomic mass is 16.5. The molecule has 100 valence electrons. The maximum absolute atomic E-state index is 12.2. The lowest BCUT2D eigenvalue weighted by Gasteiger charge is -2.15. The van der Waals surface area contributed by atoms with E-state index in [0.717, 1.165) is 11.4 Å². The van der Waals surface area contributed by atoms with Gasteiger partial charge in [-0.15, -0.1) is 0 Å². The first-order valence-electron chi connectivity index (χ1n) is 6.83. The van der Waals surface area contributed by atoms with E-state index < -0.39 is 0 Å².